The van der Waals surface area contributed by atoms with Gasteiger partial charge in [-0.15, -0.1) is 0 Å². The minimum Gasteiger partial charge on any atom is -0.451 e. The number of sulfone groups is 1. The molecule has 0 saturated carbocycles. The van der Waals surface area contributed by atoms with E-state index in [4.69, 9.17) is 4.42 Å². The van der Waals surface area contributed by atoms with Gasteiger partial charge in [0.25, 0.3) is 5.91 Å². The van der Waals surface area contributed by atoms with Gasteiger partial charge >= 0.3 is 0 Å². The Hall–Kier alpha value is -3.00. The van der Waals surface area contributed by atoms with E-state index in [1.165, 1.54) is 30.3 Å². The summed E-state index contributed by atoms with van der Waals surface area (Å²) in [7, 11) is -3.56. The molecule has 0 atom stereocenters. The van der Waals surface area contributed by atoms with E-state index in [2.05, 4.69) is 5.32 Å². The van der Waals surface area contributed by atoms with Crippen LogP contribution in [-0.4, -0.2) is 20.6 Å². The second kappa shape index (κ2) is 6.72. The van der Waals surface area contributed by atoms with Gasteiger partial charge in [-0.3, -0.25) is 4.79 Å². The molecule has 0 aliphatic rings. The van der Waals surface area contributed by atoms with Crippen LogP contribution in [0.5, 0.6) is 0 Å². The molecule has 0 radical (unpaired) electrons. The predicted molar refractivity (Wildman–Crippen MR) is 91.6 cm³/mol. The molecule has 134 valence electrons. The van der Waals surface area contributed by atoms with Crippen LogP contribution in [0.3, 0.4) is 0 Å². The Labute approximate surface area is 148 Å². The summed E-state index contributed by atoms with van der Waals surface area (Å²) in [6, 6.07) is 11.7. The quantitative estimate of drug-likeness (QED) is 0.700. The Bertz CT molecular complexity index is 1090. The Morgan fingerprint density at radius 3 is 2.42 bits per heavy atom. The van der Waals surface area contributed by atoms with Crippen molar-refractivity contribution >= 4 is 21.4 Å². The van der Waals surface area contributed by atoms with Gasteiger partial charge in [0.15, 0.2) is 15.6 Å². The first-order valence-corrected chi connectivity index (χ1v) is 9.30. The maximum Gasteiger partial charge on any atom is 0.291 e. The van der Waals surface area contributed by atoms with Gasteiger partial charge in [0, 0.05) is 6.26 Å². The van der Waals surface area contributed by atoms with Crippen molar-refractivity contribution in [2.45, 2.75) is 4.90 Å². The van der Waals surface area contributed by atoms with Crippen LogP contribution in [0.4, 0.5) is 14.5 Å². The molecule has 0 saturated heterocycles. The molecule has 0 spiro atoms. The van der Waals surface area contributed by atoms with E-state index < -0.39 is 27.4 Å². The van der Waals surface area contributed by atoms with Gasteiger partial charge < -0.3 is 9.73 Å². The molecule has 1 aromatic heterocycles. The molecule has 0 aliphatic heterocycles. The lowest BCUT2D eigenvalue weighted by Gasteiger charge is -2.07. The standard InChI is InChI=1S/C18H13F2NO4S/c1-26(23,24)11-6-7-14(20)15(10-11)21-18(22)17-9-8-16(25-17)12-4-2-3-5-13(12)19/h2-10H,1H3,(H,21,22). The van der Waals surface area contributed by atoms with Crippen molar-refractivity contribution in [1.29, 1.82) is 0 Å². The SMILES string of the molecule is CS(=O)(=O)c1ccc(F)c(NC(=O)c2ccc(-c3ccccc3F)o2)c1. The van der Waals surface area contributed by atoms with Gasteiger partial charge in [0.05, 0.1) is 16.1 Å². The van der Waals surface area contributed by atoms with Crippen molar-refractivity contribution in [2.24, 2.45) is 0 Å². The first-order valence-electron chi connectivity index (χ1n) is 7.41. The van der Waals surface area contributed by atoms with Crippen LogP contribution in [0.15, 0.2) is 63.9 Å². The van der Waals surface area contributed by atoms with Crippen LogP contribution in [0.1, 0.15) is 10.6 Å². The fraction of sp³-hybridized carbons (Fsp3) is 0.0556. The lowest BCUT2D eigenvalue weighted by molar-refractivity contribution is 0.0997. The number of furan rings is 1. The number of carbonyl (C=O) groups excluding carboxylic acids is 1. The molecule has 2 aromatic carbocycles. The van der Waals surface area contributed by atoms with E-state index in [0.29, 0.717) is 0 Å². The van der Waals surface area contributed by atoms with Gasteiger partial charge in [-0.1, -0.05) is 12.1 Å². The van der Waals surface area contributed by atoms with Crippen LogP contribution in [0.2, 0.25) is 0 Å². The smallest absolute Gasteiger partial charge is 0.291 e. The van der Waals surface area contributed by atoms with Crippen molar-refractivity contribution in [3.05, 3.63) is 72.0 Å². The zero-order valence-corrected chi connectivity index (χ0v) is 14.3. The monoisotopic (exact) mass is 377 g/mol. The Kier molecular flexibility index (Phi) is 4.60. The molecule has 3 rings (SSSR count). The molecule has 0 aliphatic carbocycles. The molecule has 1 amide bonds. The Morgan fingerprint density at radius 1 is 1.00 bits per heavy atom. The summed E-state index contributed by atoms with van der Waals surface area (Å²) in [5, 5.41) is 2.25. The fourth-order valence-electron chi connectivity index (χ4n) is 2.28. The minimum atomic E-state index is -3.56. The Balaban J connectivity index is 1.87. The summed E-state index contributed by atoms with van der Waals surface area (Å²) >= 11 is 0. The molecule has 1 heterocycles. The van der Waals surface area contributed by atoms with Gasteiger partial charge in [-0.25, -0.2) is 17.2 Å². The van der Waals surface area contributed by atoms with Crippen molar-refractivity contribution in [3.63, 3.8) is 0 Å². The molecule has 5 nitrogen and oxygen atoms in total. The highest BCUT2D eigenvalue weighted by Crippen LogP contribution is 2.26. The molecular formula is C18H13F2NO4S. The number of hydrogen-bond donors (Lipinski definition) is 1. The molecule has 0 unspecified atom stereocenters. The van der Waals surface area contributed by atoms with E-state index in [0.717, 1.165) is 24.5 Å². The van der Waals surface area contributed by atoms with Gasteiger partial charge in [0.1, 0.15) is 17.4 Å². The molecule has 8 heteroatoms. The zero-order valence-electron chi connectivity index (χ0n) is 13.5. The van der Waals surface area contributed by atoms with Crippen molar-refractivity contribution in [2.75, 3.05) is 11.6 Å². The van der Waals surface area contributed by atoms with Crippen molar-refractivity contribution in [1.82, 2.24) is 0 Å². The van der Waals surface area contributed by atoms with Crippen LogP contribution >= 0.6 is 0 Å². The van der Waals surface area contributed by atoms with Gasteiger partial charge in [-0.05, 0) is 42.5 Å². The third-order valence-corrected chi connectivity index (χ3v) is 4.69. The van der Waals surface area contributed by atoms with E-state index in [-0.39, 0.29) is 27.7 Å². The molecule has 3 aromatic rings. The van der Waals surface area contributed by atoms with E-state index >= 15 is 0 Å². The number of benzene rings is 2. The molecule has 26 heavy (non-hydrogen) atoms. The average molecular weight is 377 g/mol. The second-order valence-corrected chi connectivity index (χ2v) is 7.53. The van der Waals surface area contributed by atoms with Crippen molar-refractivity contribution in [3.8, 4) is 11.3 Å². The molecule has 0 fully saturated rings. The van der Waals surface area contributed by atoms with E-state index in [1.54, 1.807) is 6.07 Å². The van der Waals surface area contributed by atoms with Crippen LogP contribution in [0, 0.1) is 11.6 Å². The molecule has 0 bridgehead atoms. The predicted octanol–water partition coefficient (Wildman–Crippen LogP) is 3.88. The van der Waals surface area contributed by atoms with Gasteiger partial charge in [-0.2, -0.15) is 0 Å². The first kappa shape index (κ1) is 17.8. The first-order chi connectivity index (χ1) is 12.3. The summed E-state index contributed by atoms with van der Waals surface area (Å²) in [6.07, 6.45) is 0.971. The number of halogens is 2. The van der Waals surface area contributed by atoms with Crippen LogP contribution in [0.25, 0.3) is 11.3 Å². The highest BCUT2D eigenvalue weighted by Gasteiger charge is 2.17. The summed E-state index contributed by atoms with van der Waals surface area (Å²) in [4.78, 5) is 12.1. The maximum absolute atomic E-state index is 13.9. The lowest BCUT2D eigenvalue weighted by Crippen LogP contribution is -2.12. The van der Waals surface area contributed by atoms with Crippen LogP contribution in [-0.2, 0) is 9.84 Å². The van der Waals surface area contributed by atoms with Crippen LogP contribution < -0.4 is 5.32 Å². The summed E-state index contributed by atoms with van der Waals surface area (Å²) in [6.45, 7) is 0. The largest absolute Gasteiger partial charge is 0.451 e. The third-order valence-electron chi connectivity index (χ3n) is 3.58. The number of carbonyl (C=O) groups is 1. The van der Waals surface area contributed by atoms with E-state index in [1.807, 2.05) is 0 Å². The molecule has 1 N–H and O–H groups in total. The van der Waals surface area contributed by atoms with Crippen molar-refractivity contribution < 1.29 is 26.4 Å². The highest BCUT2D eigenvalue weighted by molar-refractivity contribution is 7.90. The summed E-state index contributed by atoms with van der Waals surface area (Å²) in [5.74, 6) is -2.14. The Morgan fingerprint density at radius 2 is 1.73 bits per heavy atom. The molecular weight excluding hydrogens is 364 g/mol. The second-order valence-electron chi connectivity index (χ2n) is 5.51. The normalized spacial score (nSPS) is 11.3. The third kappa shape index (κ3) is 3.65. The number of hydrogen-bond acceptors (Lipinski definition) is 4. The summed E-state index contributed by atoms with van der Waals surface area (Å²) in [5.41, 5.74) is -0.126. The lowest BCUT2D eigenvalue weighted by atomic mass is 10.1. The summed E-state index contributed by atoms with van der Waals surface area (Å²) < 4.78 is 56.1. The number of anilines is 1. The number of amides is 1. The number of nitrogens with one attached hydrogen (secondary N) is 1. The van der Waals surface area contributed by atoms with E-state index in [9.17, 15) is 22.0 Å². The zero-order chi connectivity index (χ0) is 18.9. The maximum atomic E-state index is 13.9. The highest BCUT2D eigenvalue weighted by atomic mass is 32.2. The fourth-order valence-corrected chi connectivity index (χ4v) is 2.93. The van der Waals surface area contributed by atoms with Gasteiger partial charge in [0.2, 0.25) is 0 Å². The minimum absolute atomic E-state index is 0.138. The topological polar surface area (TPSA) is 76.4 Å². The number of rotatable bonds is 4. The average Bonchev–Trinajstić information content (AvgIpc) is 3.06.